The molecule has 1 heteroatoms. The van der Waals surface area contributed by atoms with Crippen LogP contribution < -0.4 is 0 Å². The van der Waals surface area contributed by atoms with Crippen LogP contribution in [0.25, 0.3) is 33.0 Å². The Morgan fingerprint density at radius 1 is 0.581 bits per heavy atom. The molecule has 1 spiro atoms. The SMILES string of the molecule is Oc1cc2c(c3cc(-c4ccccc4)ccc13)-c1ccccc1C21CCCCCCC1. The fourth-order valence-corrected chi connectivity index (χ4v) is 6.19. The Kier molecular flexibility index (Phi) is 4.38. The average molecular weight is 405 g/mol. The van der Waals surface area contributed by atoms with Crippen molar-refractivity contribution in [1.82, 2.24) is 0 Å². The third-order valence-corrected chi connectivity index (χ3v) is 7.66. The summed E-state index contributed by atoms with van der Waals surface area (Å²) in [5.41, 5.74) is 8.01. The van der Waals surface area contributed by atoms with Crippen molar-refractivity contribution >= 4 is 10.8 Å². The Morgan fingerprint density at radius 3 is 2.10 bits per heavy atom. The van der Waals surface area contributed by atoms with E-state index in [2.05, 4.69) is 78.9 Å². The molecule has 0 radical (unpaired) electrons. The van der Waals surface area contributed by atoms with Gasteiger partial charge in [-0.15, -0.1) is 0 Å². The number of benzene rings is 4. The summed E-state index contributed by atoms with van der Waals surface area (Å²) in [6, 6.07) is 28.2. The Labute approximate surface area is 184 Å². The second kappa shape index (κ2) is 7.27. The van der Waals surface area contributed by atoms with Gasteiger partial charge in [0, 0.05) is 10.8 Å². The van der Waals surface area contributed by atoms with E-state index in [1.54, 1.807) is 0 Å². The number of hydrogen-bond acceptors (Lipinski definition) is 1. The summed E-state index contributed by atoms with van der Waals surface area (Å²) in [5, 5.41) is 13.3. The molecule has 1 saturated carbocycles. The minimum absolute atomic E-state index is 0.0424. The highest BCUT2D eigenvalue weighted by Gasteiger charge is 2.43. The molecule has 0 aromatic heterocycles. The van der Waals surface area contributed by atoms with E-state index in [9.17, 15) is 5.11 Å². The van der Waals surface area contributed by atoms with Crippen molar-refractivity contribution in [2.24, 2.45) is 0 Å². The maximum Gasteiger partial charge on any atom is 0.123 e. The van der Waals surface area contributed by atoms with Crippen LogP contribution in [0.1, 0.15) is 56.1 Å². The minimum Gasteiger partial charge on any atom is -0.507 e. The zero-order chi connectivity index (χ0) is 20.8. The summed E-state index contributed by atoms with van der Waals surface area (Å²) in [7, 11) is 0. The van der Waals surface area contributed by atoms with Crippen molar-refractivity contribution in [2.45, 2.75) is 50.4 Å². The Balaban J connectivity index is 1.66. The van der Waals surface area contributed by atoms with Crippen molar-refractivity contribution in [3.05, 3.63) is 90.0 Å². The van der Waals surface area contributed by atoms with Gasteiger partial charge in [-0.25, -0.2) is 0 Å². The fourth-order valence-electron chi connectivity index (χ4n) is 6.19. The summed E-state index contributed by atoms with van der Waals surface area (Å²) in [4.78, 5) is 0. The Bertz CT molecular complexity index is 1260. The maximum absolute atomic E-state index is 11.1. The first-order valence-electron chi connectivity index (χ1n) is 11.7. The van der Waals surface area contributed by atoms with Gasteiger partial charge in [0.15, 0.2) is 0 Å². The van der Waals surface area contributed by atoms with Crippen molar-refractivity contribution in [2.75, 3.05) is 0 Å². The molecule has 0 bridgehead atoms. The molecule has 31 heavy (non-hydrogen) atoms. The Morgan fingerprint density at radius 2 is 1.29 bits per heavy atom. The van der Waals surface area contributed by atoms with Crippen molar-refractivity contribution in [3.8, 4) is 28.0 Å². The molecule has 4 aromatic carbocycles. The van der Waals surface area contributed by atoms with Crippen molar-refractivity contribution in [3.63, 3.8) is 0 Å². The van der Waals surface area contributed by atoms with Crippen LogP contribution in [0.2, 0.25) is 0 Å². The molecule has 0 saturated heterocycles. The van der Waals surface area contributed by atoms with Crippen molar-refractivity contribution in [1.29, 1.82) is 0 Å². The first-order valence-corrected chi connectivity index (χ1v) is 11.7. The normalized spacial score (nSPS) is 17.2. The van der Waals surface area contributed by atoms with Crippen LogP contribution in [0.4, 0.5) is 0 Å². The predicted octanol–water partition coefficient (Wildman–Crippen LogP) is 8.22. The monoisotopic (exact) mass is 404 g/mol. The number of phenolic OH excluding ortho intramolecular Hbond substituents is 1. The van der Waals surface area contributed by atoms with Crippen molar-refractivity contribution < 1.29 is 5.11 Å². The lowest BCUT2D eigenvalue weighted by atomic mass is 9.69. The summed E-state index contributed by atoms with van der Waals surface area (Å²) in [5.74, 6) is 0.419. The van der Waals surface area contributed by atoms with E-state index in [-0.39, 0.29) is 5.41 Å². The smallest absolute Gasteiger partial charge is 0.123 e. The molecule has 0 atom stereocenters. The highest BCUT2D eigenvalue weighted by Crippen LogP contribution is 2.57. The van der Waals surface area contributed by atoms with Gasteiger partial charge >= 0.3 is 0 Å². The van der Waals surface area contributed by atoms with Gasteiger partial charge in [0.25, 0.3) is 0 Å². The second-order valence-electron chi connectivity index (χ2n) is 9.34. The van der Waals surface area contributed by atoms with Gasteiger partial charge in [-0.05, 0) is 63.7 Å². The number of hydrogen-bond donors (Lipinski definition) is 1. The molecule has 0 unspecified atom stereocenters. The largest absolute Gasteiger partial charge is 0.507 e. The summed E-state index contributed by atoms with van der Waals surface area (Å²) in [6.07, 6.45) is 8.87. The quantitative estimate of drug-likeness (QED) is 0.339. The minimum atomic E-state index is 0.0424. The molecule has 0 heterocycles. The van der Waals surface area contributed by atoms with Gasteiger partial charge in [0.1, 0.15) is 5.75 Å². The molecule has 1 nitrogen and oxygen atoms in total. The van der Waals surface area contributed by atoms with Gasteiger partial charge in [-0.2, -0.15) is 0 Å². The Hall–Kier alpha value is -3.06. The lowest BCUT2D eigenvalue weighted by Gasteiger charge is -2.34. The highest BCUT2D eigenvalue weighted by atomic mass is 16.3. The number of fused-ring (bicyclic) bond motifs is 7. The molecule has 2 aliphatic rings. The summed E-state index contributed by atoms with van der Waals surface area (Å²) < 4.78 is 0. The van der Waals surface area contributed by atoms with Gasteiger partial charge < -0.3 is 5.11 Å². The number of aromatic hydroxyl groups is 1. The molecule has 6 rings (SSSR count). The molecular formula is C30H28O. The van der Waals surface area contributed by atoms with Gasteiger partial charge in [0.05, 0.1) is 0 Å². The van der Waals surface area contributed by atoms with Crippen LogP contribution in [0, 0.1) is 0 Å². The second-order valence-corrected chi connectivity index (χ2v) is 9.34. The molecule has 0 amide bonds. The predicted molar refractivity (Wildman–Crippen MR) is 130 cm³/mol. The average Bonchev–Trinajstić information content (AvgIpc) is 3.07. The van der Waals surface area contributed by atoms with Crippen LogP contribution in [-0.4, -0.2) is 5.11 Å². The van der Waals surface area contributed by atoms with Crippen LogP contribution in [0.3, 0.4) is 0 Å². The van der Waals surface area contributed by atoms with Gasteiger partial charge in [-0.1, -0.05) is 98.8 Å². The maximum atomic E-state index is 11.1. The third kappa shape index (κ3) is 2.83. The van der Waals surface area contributed by atoms with Crippen LogP contribution in [-0.2, 0) is 5.41 Å². The number of rotatable bonds is 1. The zero-order valence-electron chi connectivity index (χ0n) is 17.9. The third-order valence-electron chi connectivity index (χ3n) is 7.66. The van der Waals surface area contributed by atoms with E-state index in [4.69, 9.17) is 0 Å². The van der Waals surface area contributed by atoms with E-state index in [0.717, 1.165) is 5.39 Å². The molecule has 154 valence electrons. The molecule has 2 aliphatic carbocycles. The summed E-state index contributed by atoms with van der Waals surface area (Å²) in [6.45, 7) is 0. The number of phenols is 1. The fraction of sp³-hybridized carbons (Fsp3) is 0.267. The van der Waals surface area contributed by atoms with E-state index in [0.29, 0.717) is 5.75 Å². The van der Waals surface area contributed by atoms with Gasteiger partial charge in [-0.3, -0.25) is 0 Å². The van der Waals surface area contributed by atoms with E-state index in [1.807, 2.05) is 0 Å². The standard InChI is InChI=1S/C30H28O/c31-28-20-27-29(25-19-22(15-16-23(25)28)21-11-5-4-6-12-21)24-13-7-8-14-26(24)30(27)17-9-2-1-3-10-18-30/h4-8,11-16,19-20,31H,1-3,9-10,17-18H2. The van der Waals surface area contributed by atoms with E-state index >= 15 is 0 Å². The lowest BCUT2D eigenvalue weighted by molar-refractivity contribution is 0.372. The molecule has 1 fully saturated rings. The molecule has 1 N–H and O–H groups in total. The first kappa shape index (κ1) is 18.7. The van der Waals surface area contributed by atoms with Crippen LogP contribution in [0.15, 0.2) is 78.9 Å². The summed E-state index contributed by atoms with van der Waals surface area (Å²) >= 11 is 0. The lowest BCUT2D eigenvalue weighted by Crippen LogP contribution is -2.26. The topological polar surface area (TPSA) is 20.2 Å². The zero-order valence-corrected chi connectivity index (χ0v) is 17.9. The molecule has 4 aromatic rings. The first-order chi connectivity index (χ1) is 15.3. The molecule has 0 aliphatic heterocycles. The highest BCUT2D eigenvalue weighted by molar-refractivity contribution is 6.06. The van der Waals surface area contributed by atoms with Crippen LogP contribution >= 0.6 is 0 Å². The van der Waals surface area contributed by atoms with Crippen LogP contribution in [0.5, 0.6) is 5.75 Å². The van der Waals surface area contributed by atoms with Gasteiger partial charge in [0.2, 0.25) is 0 Å². The van der Waals surface area contributed by atoms with E-state index < -0.39 is 0 Å². The van der Waals surface area contributed by atoms with E-state index in [1.165, 1.54) is 83.7 Å². The molecular weight excluding hydrogens is 376 g/mol.